The molecule has 2 heterocycles. The Balaban J connectivity index is 1.76. The van der Waals surface area contributed by atoms with E-state index in [9.17, 15) is 4.79 Å². The molecule has 6 heteroatoms. The lowest BCUT2D eigenvalue weighted by molar-refractivity contribution is -0.132. The zero-order valence-electron chi connectivity index (χ0n) is 17.1. The summed E-state index contributed by atoms with van der Waals surface area (Å²) in [5.41, 5.74) is 1.78. The lowest BCUT2D eigenvalue weighted by Gasteiger charge is -2.40. The fourth-order valence-electron chi connectivity index (χ4n) is 3.84. The zero-order valence-corrected chi connectivity index (χ0v) is 17.9. The average Bonchev–Trinajstić information content (AvgIpc) is 3.06. The SMILES string of the molecule is CC(C)C[C@H]1CN(Cc2cc(-c3ccc(Cl)cc3)on2)[C@@H](CC(C)C)C(=O)N1. The van der Waals surface area contributed by atoms with Crippen molar-refractivity contribution in [2.75, 3.05) is 6.54 Å². The van der Waals surface area contributed by atoms with Gasteiger partial charge in [-0.3, -0.25) is 9.69 Å². The summed E-state index contributed by atoms with van der Waals surface area (Å²) < 4.78 is 5.55. The molecule has 1 N–H and O–H groups in total. The van der Waals surface area contributed by atoms with E-state index in [1.54, 1.807) is 0 Å². The number of nitrogens with one attached hydrogen (secondary N) is 1. The highest BCUT2D eigenvalue weighted by atomic mass is 35.5. The molecule has 1 aromatic carbocycles. The van der Waals surface area contributed by atoms with Gasteiger partial charge in [0.15, 0.2) is 5.76 Å². The minimum Gasteiger partial charge on any atom is -0.356 e. The number of amides is 1. The van der Waals surface area contributed by atoms with Crippen molar-refractivity contribution in [2.24, 2.45) is 11.8 Å². The van der Waals surface area contributed by atoms with E-state index in [4.69, 9.17) is 16.1 Å². The molecule has 1 amide bonds. The van der Waals surface area contributed by atoms with E-state index in [1.807, 2.05) is 30.3 Å². The van der Waals surface area contributed by atoms with Crippen LogP contribution in [0.15, 0.2) is 34.9 Å². The summed E-state index contributed by atoms with van der Waals surface area (Å²) in [7, 11) is 0. The minimum absolute atomic E-state index is 0.126. The maximum atomic E-state index is 12.8. The monoisotopic (exact) mass is 403 g/mol. The highest BCUT2D eigenvalue weighted by molar-refractivity contribution is 6.30. The number of benzene rings is 1. The summed E-state index contributed by atoms with van der Waals surface area (Å²) in [6, 6.07) is 9.52. The Kier molecular flexibility index (Phi) is 6.78. The first-order chi connectivity index (χ1) is 13.3. The summed E-state index contributed by atoms with van der Waals surface area (Å²) >= 11 is 5.96. The number of nitrogens with zero attached hydrogens (tertiary/aromatic N) is 2. The van der Waals surface area contributed by atoms with E-state index < -0.39 is 0 Å². The Labute approximate surface area is 172 Å². The van der Waals surface area contributed by atoms with Gasteiger partial charge in [0.2, 0.25) is 5.91 Å². The Morgan fingerprint density at radius 3 is 2.50 bits per heavy atom. The number of hydrogen-bond acceptors (Lipinski definition) is 4. The van der Waals surface area contributed by atoms with Crippen LogP contribution in [0, 0.1) is 11.8 Å². The first-order valence-corrected chi connectivity index (χ1v) is 10.5. The van der Waals surface area contributed by atoms with Crippen molar-refractivity contribution in [3.8, 4) is 11.3 Å². The molecule has 0 unspecified atom stereocenters. The van der Waals surface area contributed by atoms with Crippen LogP contribution in [-0.2, 0) is 11.3 Å². The molecule has 2 atom stereocenters. The van der Waals surface area contributed by atoms with Crippen LogP contribution >= 0.6 is 11.6 Å². The van der Waals surface area contributed by atoms with E-state index >= 15 is 0 Å². The second-order valence-electron chi connectivity index (χ2n) is 8.60. The molecule has 0 aliphatic carbocycles. The quantitative estimate of drug-likeness (QED) is 0.724. The fraction of sp³-hybridized carbons (Fsp3) is 0.545. The van der Waals surface area contributed by atoms with Crippen LogP contribution in [0.5, 0.6) is 0 Å². The zero-order chi connectivity index (χ0) is 20.3. The molecule has 1 aliphatic heterocycles. The van der Waals surface area contributed by atoms with Gasteiger partial charge < -0.3 is 9.84 Å². The van der Waals surface area contributed by atoms with E-state index in [0.29, 0.717) is 29.2 Å². The number of carbonyl (C=O) groups excluding carboxylic acids is 1. The lowest BCUT2D eigenvalue weighted by Crippen LogP contribution is -2.60. The topological polar surface area (TPSA) is 58.4 Å². The third kappa shape index (κ3) is 5.36. The smallest absolute Gasteiger partial charge is 0.237 e. The van der Waals surface area contributed by atoms with E-state index in [-0.39, 0.29) is 18.0 Å². The average molecular weight is 404 g/mol. The second-order valence-corrected chi connectivity index (χ2v) is 9.04. The number of rotatable bonds is 7. The van der Waals surface area contributed by atoms with E-state index in [1.165, 1.54) is 0 Å². The molecule has 1 fully saturated rings. The summed E-state index contributed by atoms with van der Waals surface area (Å²) in [4.78, 5) is 15.0. The molecule has 0 spiro atoms. The van der Waals surface area contributed by atoms with E-state index in [0.717, 1.165) is 30.6 Å². The fourth-order valence-corrected chi connectivity index (χ4v) is 3.97. The molecule has 5 nitrogen and oxygen atoms in total. The van der Waals surface area contributed by atoms with Crippen LogP contribution in [0.2, 0.25) is 5.02 Å². The predicted octanol–water partition coefficient (Wildman–Crippen LogP) is 4.76. The number of piperazine rings is 1. The third-order valence-corrected chi connectivity index (χ3v) is 5.30. The molecule has 1 aliphatic rings. The molecule has 152 valence electrons. The second kappa shape index (κ2) is 9.10. The molecule has 28 heavy (non-hydrogen) atoms. The van der Waals surface area contributed by atoms with Crippen molar-refractivity contribution < 1.29 is 9.32 Å². The molecular formula is C22H30ClN3O2. The van der Waals surface area contributed by atoms with Crippen molar-refractivity contribution in [3.63, 3.8) is 0 Å². The van der Waals surface area contributed by atoms with Gasteiger partial charge in [0.25, 0.3) is 0 Å². The number of carbonyl (C=O) groups is 1. The molecule has 0 saturated carbocycles. The van der Waals surface area contributed by atoms with Gasteiger partial charge in [-0.2, -0.15) is 0 Å². The van der Waals surface area contributed by atoms with Gasteiger partial charge in [0, 0.05) is 35.8 Å². The van der Waals surface area contributed by atoms with Gasteiger partial charge in [0.05, 0.1) is 11.7 Å². The Hall–Kier alpha value is -1.85. The Morgan fingerprint density at radius 1 is 1.18 bits per heavy atom. The first-order valence-electron chi connectivity index (χ1n) is 10.1. The van der Waals surface area contributed by atoms with Crippen LogP contribution < -0.4 is 5.32 Å². The maximum Gasteiger partial charge on any atom is 0.237 e. The predicted molar refractivity (Wildman–Crippen MR) is 112 cm³/mol. The van der Waals surface area contributed by atoms with Crippen molar-refractivity contribution in [1.29, 1.82) is 0 Å². The van der Waals surface area contributed by atoms with Crippen molar-refractivity contribution in [3.05, 3.63) is 41.0 Å². The Bertz CT molecular complexity index is 785. The van der Waals surface area contributed by atoms with Crippen molar-refractivity contribution >= 4 is 17.5 Å². The summed E-state index contributed by atoms with van der Waals surface area (Å²) in [6.45, 7) is 10.1. The highest BCUT2D eigenvalue weighted by Crippen LogP contribution is 2.25. The maximum absolute atomic E-state index is 12.8. The minimum atomic E-state index is -0.126. The van der Waals surface area contributed by atoms with Gasteiger partial charge in [-0.05, 0) is 48.9 Å². The van der Waals surface area contributed by atoms with Gasteiger partial charge in [-0.1, -0.05) is 44.5 Å². The molecule has 3 rings (SSSR count). The summed E-state index contributed by atoms with van der Waals surface area (Å²) in [5, 5.41) is 8.16. The molecule has 0 radical (unpaired) electrons. The number of halogens is 1. The van der Waals surface area contributed by atoms with Crippen LogP contribution in [0.25, 0.3) is 11.3 Å². The van der Waals surface area contributed by atoms with Crippen molar-refractivity contribution in [2.45, 2.75) is 59.2 Å². The standard InChI is InChI=1S/C22H30ClN3O2/c1-14(2)9-18-12-26(20(10-15(3)4)22(27)24-18)13-19-11-21(28-25-19)16-5-7-17(23)8-6-16/h5-8,11,14-15,18,20H,9-10,12-13H2,1-4H3,(H,24,27)/t18-,20-/m0/s1. The lowest BCUT2D eigenvalue weighted by atomic mass is 9.95. The summed E-state index contributed by atoms with van der Waals surface area (Å²) in [5.74, 6) is 1.83. The van der Waals surface area contributed by atoms with Gasteiger partial charge in [-0.15, -0.1) is 0 Å². The Morgan fingerprint density at radius 2 is 1.86 bits per heavy atom. The first kappa shape index (κ1) is 20.9. The molecule has 1 aromatic heterocycles. The van der Waals surface area contributed by atoms with Gasteiger partial charge in [-0.25, -0.2) is 0 Å². The van der Waals surface area contributed by atoms with Crippen LogP contribution in [-0.4, -0.2) is 34.6 Å². The van der Waals surface area contributed by atoms with E-state index in [2.05, 4.69) is 43.1 Å². The summed E-state index contributed by atoms with van der Waals surface area (Å²) in [6.07, 6.45) is 1.81. The van der Waals surface area contributed by atoms with Crippen molar-refractivity contribution in [1.82, 2.24) is 15.4 Å². The van der Waals surface area contributed by atoms with Crippen LogP contribution in [0.3, 0.4) is 0 Å². The molecular weight excluding hydrogens is 374 g/mol. The highest BCUT2D eigenvalue weighted by Gasteiger charge is 2.35. The molecule has 0 bridgehead atoms. The normalized spacial score (nSPS) is 20.8. The molecule has 1 saturated heterocycles. The van der Waals surface area contributed by atoms with Crippen LogP contribution in [0.1, 0.15) is 46.2 Å². The van der Waals surface area contributed by atoms with Gasteiger partial charge >= 0.3 is 0 Å². The van der Waals surface area contributed by atoms with Gasteiger partial charge in [0.1, 0.15) is 0 Å². The number of aromatic nitrogens is 1. The molecule has 2 aromatic rings. The van der Waals surface area contributed by atoms with Crippen LogP contribution in [0.4, 0.5) is 0 Å². The third-order valence-electron chi connectivity index (χ3n) is 5.05. The largest absolute Gasteiger partial charge is 0.356 e. The number of hydrogen-bond donors (Lipinski definition) is 1.